The molecule has 1 heterocycles. The SMILES string of the molecule is COC(=O)c1c(NC(=O)Cc2ccc(F)cc2)sc2c1CCCCC2. The Kier molecular flexibility index (Phi) is 5.48. The molecule has 1 aliphatic carbocycles. The molecular formula is C19H20FNO3S. The molecule has 4 nitrogen and oxygen atoms in total. The zero-order chi connectivity index (χ0) is 17.8. The highest BCUT2D eigenvalue weighted by Crippen LogP contribution is 2.38. The Labute approximate surface area is 150 Å². The van der Waals surface area contributed by atoms with Gasteiger partial charge in [-0.1, -0.05) is 18.6 Å². The lowest BCUT2D eigenvalue weighted by Gasteiger charge is -2.07. The number of fused-ring (bicyclic) bond motifs is 1. The molecule has 1 amide bonds. The van der Waals surface area contributed by atoms with E-state index in [1.165, 1.54) is 30.6 Å². The number of carbonyl (C=O) groups excluding carboxylic acids is 2. The van der Waals surface area contributed by atoms with Crippen molar-refractivity contribution in [2.75, 3.05) is 12.4 Å². The molecule has 0 saturated heterocycles. The van der Waals surface area contributed by atoms with Gasteiger partial charge in [0.2, 0.25) is 5.91 Å². The minimum atomic E-state index is -0.406. The van der Waals surface area contributed by atoms with E-state index >= 15 is 0 Å². The fourth-order valence-electron chi connectivity index (χ4n) is 3.11. The Bertz CT molecular complexity index is 783. The van der Waals surface area contributed by atoms with Gasteiger partial charge in [0.25, 0.3) is 0 Å². The molecule has 3 rings (SSSR count). The van der Waals surface area contributed by atoms with Crippen molar-refractivity contribution in [3.63, 3.8) is 0 Å². The largest absolute Gasteiger partial charge is 0.465 e. The molecule has 1 N–H and O–H groups in total. The molecule has 0 atom stereocenters. The van der Waals surface area contributed by atoms with Crippen LogP contribution in [0.2, 0.25) is 0 Å². The van der Waals surface area contributed by atoms with Gasteiger partial charge in [0, 0.05) is 4.88 Å². The van der Waals surface area contributed by atoms with Gasteiger partial charge in [-0.05, 0) is 48.9 Å². The van der Waals surface area contributed by atoms with Crippen molar-refractivity contribution in [3.05, 3.63) is 51.7 Å². The minimum absolute atomic E-state index is 0.128. The number of thiophene rings is 1. The van der Waals surface area contributed by atoms with E-state index in [-0.39, 0.29) is 18.1 Å². The molecule has 6 heteroatoms. The van der Waals surface area contributed by atoms with E-state index in [1.54, 1.807) is 12.1 Å². The second kappa shape index (κ2) is 7.78. The van der Waals surface area contributed by atoms with Crippen molar-refractivity contribution >= 4 is 28.2 Å². The number of benzene rings is 1. The van der Waals surface area contributed by atoms with Gasteiger partial charge < -0.3 is 10.1 Å². The summed E-state index contributed by atoms with van der Waals surface area (Å²) in [6.45, 7) is 0. The number of halogens is 1. The molecule has 2 aromatic rings. The van der Waals surface area contributed by atoms with Crippen molar-refractivity contribution in [1.29, 1.82) is 0 Å². The molecule has 0 saturated carbocycles. The predicted octanol–water partition coefficient (Wildman–Crippen LogP) is 4.12. The molecule has 0 radical (unpaired) electrons. The third-order valence-corrected chi connectivity index (χ3v) is 5.55. The first-order valence-electron chi connectivity index (χ1n) is 8.35. The van der Waals surface area contributed by atoms with Crippen molar-refractivity contribution in [3.8, 4) is 0 Å². The standard InChI is InChI=1S/C19H20FNO3S/c1-24-19(23)17-14-5-3-2-4-6-15(14)25-18(17)21-16(22)11-12-7-9-13(20)10-8-12/h7-10H,2-6,11H2,1H3,(H,21,22). The molecule has 25 heavy (non-hydrogen) atoms. The van der Waals surface area contributed by atoms with E-state index in [2.05, 4.69) is 5.32 Å². The summed E-state index contributed by atoms with van der Waals surface area (Å²) >= 11 is 1.47. The van der Waals surface area contributed by atoms with Gasteiger partial charge in [-0.25, -0.2) is 9.18 Å². The molecule has 0 unspecified atom stereocenters. The number of hydrogen-bond donors (Lipinski definition) is 1. The summed E-state index contributed by atoms with van der Waals surface area (Å²) in [4.78, 5) is 25.8. The van der Waals surface area contributed by atoms with E-state index in [4.69, 9.17) is 4.74 Å². The van der Waals surface area contributed by atoms with E-state index in [1.807, 2.05) is 0 Å². The second-order valence-corrected chi connectivity index (χ2v) is 7.22. The van der Waals surface area contributed by atoms with Crippen LogP contribution in [0.5, 0.6) is 0 Å². The van der Waals surface area contributed by atoms with Gasteiger partial charge >= 0.3 is 5.97 Å². The molecule has 132 valence electrons. The number of carbonyl (C=O) groups is 2. The molecule has 0 aliphatic heterocycles. The van der Waals surface area contributed by atoms with Crippen LogP contribution in [-0.2, 0) is 28.8 Å². The number of methoxy groups -OCH3 is 1. The summed E-state index contributed by atoms with van der Waals surface area (Å²) < 4.78 is 17.9. The Balaban J connectivity index is 1.82. The van der Waals surface area contributed by atoms with Crippen molar-refractivity contribution < 1.29 is 18.7 Å². The van der Waals surface area contributed by atoms with Gasteiger partial charge in [0.15, 0.2) is 0 Å². The van der Waals surface area contributed by atoms with Gasteiger partial charge in [0.1, 0.15) is 10.8 Å². The van der Waals surface area contributed by atoms with Crippen molar-refractivity contribution in [1.82, 2.24) is 0 Å². The van der Waals surface area contributed by atoms with Crippen molar-refractivity contribution in [2.24, 2.45) is 0 Å². The van der Waals surface area contributed by atoms with Crippen LogP contribution in [0.1, 0.15) is 45.6 Å². The fraction of sp³-hybridized carbons (Fsp3) is 0.368. The van der Waals surface area contributed by atoms with Crippen LogP contribution >= 0.6 is 11.3 Å². The Hall–Kier alpha value is -2.21. The zero-order valence-electron chi connectivity index (χ0n) is 14.1. The average molecular weight is 361 g/mol. The zero-order valence-corrected chi connectivity index (χ0v) is 14.9. The lowest BCUT2D eigenvalue weighted by Crippen LogP contribution is -2.16. The summed E-state index contributed by atoms with van der Waals surface area (Å²) in [5.41, 5.74) is 2.24. The highest BCUT2D eigenvalue weighted by Gasteiger charge is 2.26. The first-order chi connectivity index (χ1) is 12.1. The van der Waals surface area contributed by atoms with E-state index in [0.717, 1.165) is 48.1 Å². The van der Waals surface area contributed by atoms with Crippen LogP contribution in [0.4, 0.5) is 9.39 Å². The van der Waals surface area contributed by atoms with Crippen LogP contribution in [0, 0.1) is 5.82 Å². The number of amides is 1. The quantitative estimate of drug-likeness (QED) is 0.658. The Morgan fingerprint density at radius 2 is 1.88 bits per heavy atom. The average Bonchev–Trinajstić information content (AvgIpc) is 2.77. The Morgan fingerprint density at radius 1 is 1.16 bits per heavy atom. The van der Waals surface area contributed by atoms with Gasteiger partial charge in [0.05, 0.1) is 19.1 Å². The molecule has 0 bridgehead atoms. The maximum absolute atomic E-state index is 13.0. The molecule has 0 spiro atoms. The summed E-state index contributed by atoms with van der Waals surface area (Å²) in [6.07, 6.45) is 5.17. The van der Waals surface area contributed by atoms with Crippen molar-refractivity contribution in [2.45, 2.75) is 38.5 Å². The number of esters is 1. The van der Waals surface area contributed by atoms with E-state index in [9.17, 15) is 14.0 Å². The van der Waals surface area contributed by atoms with Crippen LogP contribution in [-0.4, -0.2) is 19.0 Å². The van der Waals surface area contributed by atoms with Crippen LogP contribution in [0.3, 0.4) is 0 Å². The normalized spacial score (nSPS) is 13.7. The number of aryl methyl sites for hydroxylation is 1. The number of ether oxygens (including phenoxy) is 1. The van der Waals surface area contributed by atoms with Gasteiger partial charge in [-0.3, -0.25) is 4.79 Å². The topological polar surface area (TPSA) is 55.4 Å². The minimum Gasteiger partial charge on any atom is -0.465 e. The maximum Gasteiger partial charge on any atom is 0.341 e. The first kappa shape index (κ1) is 17.6. The maximum atomic E-state index is 13.0. The summed E-state index contributed by atoms with van der Waals surface area (Å²) in [5.74, 6) is -0.969. The number of rotatable bonds is 4. The summed E-state index contributed by atoms with van der Waals surface area (Å²) in [7, 11) is 1.35. The van der Waals surface area contributed by atoms with Crippen LogP contribution < -0.4 is 5.32 Å². The van der Waals surface area contributed by atoms with Gasteiger partial charge in [-0.2, -0.15) is 0 Å². The van der Waals surface area contributed by atoms with E-state index in [0.29, 0.717) is 10.6 Å². The molecular weight excluding hydrogens is 341 g/mol. The first-order valence-corrected chi connectivity index (χ1v) is 9.17. The highest BCUT2D eigenvalue weighted by atomic mass is 32.1. The third kappa shape index (κ3) is 4.07. The molecule has 1 aromatic carbocycles. The van der Waals surface area contributed by atoms with Gasteiger partial charge in [-0.15, -0.1) is 11.3 Å². The van der Waals surface area contributed by atoms with Crippen LogP contribution in [0.25, 0.3) is 0 Å². The van der Waals surface area contributed by atoms with E-state index < -0.39 is 5.97 Å². The lowest BCUT2D eigenvalue weighted by atomic mass is 10.1. The highest BCUT2D eigenvalue weighted by molar-refractivity contribution is 7.17. The summed E-state index contributed by atoms with van der Waals surface area (Å²) in [5, 5.41) is 3.41. The number of anilines is 1. The monoisotopic (exact) mass is 361 g/mol. The number of nitrogens with one attached hydrogen (secondary N) is 1. The molecule has 0 fully saturated rings. The summed E-state index contributed by atoms with van der Waals surface area (Å²) in [6, 6.07) is 5.82. The molecule has 1 aliphatic rings. The second-order valence-electron chi connectivity index (χ2n) is 6.11. The van der Waals surface area contributed by atoms with Crippen LogP contribution in [0.15, 0.2) is 24.3 Å². The predicted molar refractivity (Wildman–Crippen MR) is 95.7 cm³/mol. The number of hydrogen-bond acceptors (Lipinski definition) is 4. The smallest absolute Gasteiger partial charge is 0.341 e. The lowest BCUT2D eigenvalue weighted by molar-refractivity contribution is -0.115. The fourth-order valence-corrected chi connectivity index (χ4v) is 4.40. The third-order valence-electron chi connectivity index (χ3n) is 4.34. The molecule has 1 aromatic heterocycles. The Morgan fingerprint density at radius 3 is 2.60 bits per heavy atom.